The molecule has 0 bridgehead atoms. The standard InChI is InChI=1S/C19H16BrN5O2/c1-26-16-7-2-11(17-15(9-21)18(22)25-19(23)24-17)8-12(16)10-27-14-5-3-13(20)4-6-14/h2-8H,10H2,1H3,(H4,22,23,24,25). The predicted octanol–water partition coefficient (Wildman–Crippen LogP) is 3.53. The van der Waals surface area contributed by atoms with Gasteiger partial charge in [-0.2, -0.15) is 10.2 Å². The summed E-state index contributed by atoms with van der Waals surface area (Å²) in [6.07, 6.45) is 0. The number of methoxy groups -OCH3 is 1. The number of aromatic nitrogens is 2. The van der Waals surface area contributed by atoms with Crippen molar-refractivity contribution >= 4 is 27.7 Å². The van der Waals surface area contributed by atoms with E-state index in [-0.39, 0.29) is 23.9 Å². The first-order valence-corrected chi connectivity index (χ1v) is 8.70. The number of ether oxygens (including phenoxy) is 2. The van der Waals surface area contributed by atoms with Crippen LogP contribution in [0.4, 0.5) is 11.8 Å². The molecule has 0 aliphatic rings. The van der Waals surface area contributed by atoms with Gasteiger partial charge in [-0.3, -0.25) is 0 Å². The molecular formula is C19H16BrN5O2. The first-order valence-electron chi connectivity index (χ1n) is 7.90. The van der Waals surface area contributed by atoms with Gasteiger partial charge in [-0.05, 0) is 42.5 Å². The van der Waals surface area contributed by atoms with E-state index in [1.54, 1.807) is 19.2 Å². The molecule has 0 aliphatic carbocycles. The summed E-state index contributed by atoms with van der Waals surface area (Å²) in [4.78, 5) is 8.02. The second-order valence-electron chi connectivity index (χ2n) is 5.57. The Balaban J connectivity index is 1.97. The van der Waals surface area contributed by atoms with E-state index in [1.807, 2.05) is 36.4 Å². The number of hydrogen-bond donors (Lipinski definition) is 2. The van der Waals surface area contributed by atoms with Crippen LogP contribution < -0.4 is 20.9 Å². The molecular weight excluding hydrogens is 410 g/mol. The smallest absolute Gasteiger partial charge is 0.222 e. The Morgan fingerprint density at radius 1 is 1.11 bits per heavy atom. The van der Waals surface area contributed by atoms with Crippen LogP contribution >= 0.6 is 15.9 Å². The molecule has 3 aromatic rings. The van der Waals surface area contributed by atoms with E-state index in [1.165, 1.54) is 0 Å². The summed E-state index contributed by atoms with van der Waals surface area (Å²) in [5.74, 6) is 1.43. The Morgan fingerprint density at radius 3 is 2.52 bits per heavy atom. The number of nitrogen functional groups attached to an aromatic ring is 2. The zero-order valence-corrected chi connectivity index (χ0v) is 16.0. The number of anilines is 2. The highest BCUT2D eigenvalue weighted by atomic mass is 79.9. The minimum atomic E-state index is 0.00461. The molecule has 0 aliphatic heterocycles. The molecule has 1 aromatic heterocycles. The second kappa shape index (κ2) is 7.93. The van der Waals surface area contributed by atoms with Crippen LogP contribution in [-0.4, -0.2) is 17.1 Å². The van der Waals surface area contributed by atoms with E-state index in [2.05, 4.69) is 25.9 Å². The topological polar surface area (TPSA) is 120 Å². The van der Waals surface area contributed by atoms with E-state index in [0.29, 0.717) is 17.0 Å². The Kier molecular flexibility index (Phi) is 5.43. The molecule has 27 heavy (non-hydrogen) atoms. The largest absolute Gasteiger partial charge is 0.496 e. The first-order chi connectivity index (χ1) is 13.0. The second-order valence-corrected chi connectivity index (χ2v) is 6.49. The molecule has 8 heteroatoms. The molecule has 0 amide bonds. The third-order valence-electron chi connectivity index (χ3n) is 3.83. The third-order valence-corrected chi connectivity index (χ3v) is 4.36. The predicted molar refractivity (Wildman–Crippen MR) is 106 cm³/mol. The van der Waals surface area contributed by atoms with Crippen molar-refractivity contribution in [3.05, 3.63) is 58.1 Å². The van der Waals surface area contributed by atoms with Crippen molar-refractivity contribution < 1.29 is 9.47 Å². The third kappa shape index (κ3) is 4.10. The van der Waals surface area contributed by atoms with Crippen LogP contribution in [0.2, 0.25) is 0 Å². The Labute approximate surface area is 164 Å². The van der Waals surface area contributed by atoms with Crippen molar-refractivity contribution in [3.8, 4) is 28.8 Å². The van der Waals surface area contributed by atoms with Crippen molar-refractivity contribution in [1.29, 1.82) is 5.26 Å². The van der Waals surface area contributed by atoms with E-state index in [0.717, 1.165) is 15.8 Å². The van der Waals surface area contributed by atoms with Crippen LogP contribution in [-0.2, 0) is 6.61 Å². The fourth-order valence-electron chi connectivity index (χ4n) is 2.55. The fourth-order valence-corrected chi connectivity index (χ4v) is 2.81. The average molecular weight is 426 g/mol. The monoisotopic (exact) mass is 425 g/mol. The maximum atomic E-state index is 9.39. The Hall–Kier alpha value is -3.31. The van der Waals surface area contributed by atoms with Gasteiger partial charge in [0.15, 0.2) is 0 Å². The van der Waals surface area contributed by atoms with Gasteiger partial charge < -0.3 is 20.9 Å². The quantitative estimate of drug-likeness (QED) is 0.640. The summed E-state index contributed by atoms with van der Waals surface area (Å²) in [5, 5.41) is 9.39. The average Bonchev–Trinajstić information content (AvgIpc) is 2.66. The minimum Gasteiger partial charge on any atom is -0.496 e. The maximum absolute atomic E-state index is 9.39. The summed E-state index contributed by atoms with van der Waals surface area (Å²) >= 11 is 3.39. The Morgan fingerprint density at radius 2 is 1.85 bits per heavy atom. The number of halogens is 1. The van der Waals surface area contributed by atoms with Gasteiger partial charge in [0.25, 0.3) is 0 Å². The normalized spacial score (nSPS) is 10.3. The van der Waals surface area contributed by atoms with Gasteiger partial charge in [-0.25, -0.2) is 4.98 Å². The number of hydrogen-bond acceptors (Lipinski definition) is 7. The highest BCUT2D eigenvalue weighted by Crippen LogP contribution is 2.30. The molecule has 7 nitrogen and oxygen atoms in total. The minimum absolute atomic E-state index is 0.00461. The van der Waals surface area contributed by atoms with Crippen LogP contribution in [0.15, 0.2) is 46.9 Å². The van der Waals surface area contributed by atoms with E-state index in [9.17, 15) is 5.26 Å². The summed E-state index contributed by atoms with van der Waals surface area (Å²) in [6, 6.07) is 14.9. The summed E-state index contributed by atoms with van der Waals surface area (Å²) < 4.78 is 12.2. The van der Waals surface area contributed by atoms with Crippen molar-refractivity contribution in [2.45, 2.75) is 6.61 Å². The summed E-state index contributed by atoms with van der Waals surface area (Å²) in [7, 11) is 1.58. The highest BCUT2D eigenvalue weighted by molar-refractivity contribution is 9.10. The summed E-state index contributed by atoms with van der Waals surface area (Å²) in [6.45, 7) is 0.274. The maximum Gasteiger partial charge on any atom is 0.222 e. The van der Waals surface area contributed by atoms with E-state index >= 15 is 0 Å². The van der Waals surface area contributed by atoms with Gasteiger partial charge in [0.2, 0.25) is 5.95 Å². The van der Waals surface area contributed by atoms with Crippen LogP contribution in [0.5, 0.6) is 11.5 Å². The SMILES string of the molecule is COc1ccc(-c2nc(N)nc(N)c2C#N)cc1COc1ccc(Br)cc1. The lowest BCUT2D eigenvalue weighted by molar-refractivity contribution is 0.296. The number of rotatable bonds is 5. The van der Waals surface area contributed by atoms with Gasteiger partial charge in [0, 0.05) is 15.6 Å². The van der Waals surface area contributed by atoms with Gasteiger partial charge in [-0.1, -0.05) is 15.9 Å². The van der Waals surface area contributed by atoms with Gasteiger partial charge in [0.1, 0.15) is 35.6 Å². The molecule has 0 saturated heterocycles. The van der Waals surface area contributed by atoms with Crippen molar-refractivity contribution in [2.75, 3.05) is 18.6 Å². The number of benzene rings is 2. The van der Waals surface area contributed by atoms with Gasteiger partial charge in [-0.15, -0.1) is 0 Å². The zero-order chi connectivity index (χ0) is 19.4. The van der Waals surface area contributed by atoms with E-state index < -0.39 is 0 Å². The molecule has 0 spiro atoms. The molecule has 0 atom stereocenters. The highest BCUT2D eigenvalue weighted by Gasteiger charge is 2.15. The fraction of sp³-hybridized carbons (Fsp3) is 0.105. The van der Waals surface area contributed by atoms with Crippen LogP contribution in [0.1, 0.15) is 11.1 Å². The van der Waals surface area contributed by atoms with E-state index in [4.69, 9.17) is 20.9 Å². The molecule has 1 heterocycles. The van der Waals surface area contributed by atoms with Gasteiger partial charge in [0.05, 0.1) is 12.8 Å². The number of nitrogens with two attached hydrogens (primary N) is 2. The molecule has 3 rings (SSSR count). The number of nitrogens with zero attached hydrogens (tertiary/aromatic N) is 3. The molecule has 0 unspecified atom stereocenters. The molecule has 0 saturated carbocycles. The zero-order valence-electron chi connectivity index (χ0n) is 14.4. The molecule has 4 N–H and O–H groups in total. The number of nitriles is 1. The van der Waals surface area contributed by atoms with Crippen LogP contribution in [0.25, 0.3) is 11.3 Å². The van der Waals surface area contributed by atoms with Crippen molar-refractivity contribution in [2.24, 2.45) is 0 Å². The molecule has 0 fully saturated rings. The van der Waals surface area contributed by atoms with Crippen molar-refractivity contribution in [1.82, 2.24) is 9.97 Å². The Bertz CT molecular complexity index is 1020. The van der Waals surface area contributed by atoms with Crippen LogP contribution in [0.3, 0.4) is 0 Å². The van der Waals surface area contributed by atoms with Gasteiger partial charge >= 0.3 is 0 Å². The molecule has 2 aromatic carbocycles. The molecule has 136 valence electrons. The van der Waals surface area contributed by atoms with Crippen molar-refractivity contribution in [3.63, 3.8) is 0 Å². The van der Waals surface area contributed by atoms with Crippen LogP contribution in [0, 0.1) is 11.3 Å². The summed E-state index contributed by atoms with van der Waals surface area (Å²) in [5.41, 5.74) is 13.5. The lowest BCUT2D eigenvalue weighted by Crippen LogP contribution is -2.05. The lowest BCUT2D eigenvalue weighted by Gasteiger charge is -2.13. The first kappa shape index (κ1) is 18.5. The lowest BCUT2D eigenvalue weighted by atomic mass is 10.0. The molecule has 0 radical (unpaired) electrons.